The Hall–Kier alpha value is -3.44. The molecule has 1 heterocycles. The van der Waals surface area contributed by atoms with E-state index in [0.29, 0.717) is 10.2 Å². The molecule has 2 N–H and O–H groups in total. The molecule has 0 saturated heterocycles. The van der Waals surface area contributed by atoms with Crippen molar-refractivity contribution in [1.82, 2.24) is 9.55 Å². The van der Waals surface area contributed by atoms with Crippen LogP contribution in [-0.2, 0) is 5.41 Å². The summed E-state index contributed by atoms with van der Waals surface area (Å²) >= 11 is 9.63. The number of nitrogens with one attached hydrogen (secondary N) is 1. The molecule has 4 fully saturated rings. The van der Waals surface area contributed by atoms with Crippen LogP contribution in [0, 0.1) is 27.9 Å². The summed E-state index contributed by atoms with van der Waals surface area (Å²) < 4.78 is 6.81. The summed E-state index contributed by atoms with van der Waals surface area (Å²) in [5.74, 6) is 1.78. The molecule has 40 heavy (non-hydrogen) atoms. The topological polar surface area (TPSA) is 140 Å². The van der Waals surface area contributed by atoms with Gasteiger partial charge in [0.15, 0.2) is 5.75 Å². The number of benzene rings is 2. The Labute approximate surface area is 242 Å². The molecule has 0 spiro atoms. The lowest BCUT2D eigenvalue weighted by molar-refractivity contribution is -0.384. The number of methoxy groups -OCH3 is 1. The maximum Gasteiger partial charge on any atom is 0.335 e. The van der Waals surface area contributed by atoms with Crippen molar-refractivity contribution >= 4 is 45.1 Å². The van der Waals surface area contributed by atoms with Crippen molar-refractivity contribution in [2.45, 2.75) is 43.9 Å². The highest BCUT2D eigenvalue weighted by Crippen LogP contribution is 2.61. The number of hydrogen-bond donors (Lipinski definition) is 2. The van der Waals surface area contributed by atoms with Crippen molar-refractivity contribution in [1.29, 1.82) is 0 Å². The van der Waals surface area contributed by atoms with E-state index in [1.807, 2.05) is 12.1 Å². The normalized spacial score (nSPS) is 25.0. The number of hydrogen-bond acceptors (Lipinski definition) is 7. The fourth-order valence-corrected chi connectivity index (χ4v) is 8.21. The second-order valence-corrected chi connectivity index (χ2v) is 12.4. The Kier molecular flexibility index (Phi) is 6.61. The summed E-state index contributed by atoms with van der Waals surface area (Å²) in [4.78, 5) is 42.5. The van der Waals surface area contributed by atoms with Crippen LogP contribution in [0.3, 0.4) is 0 Å². The Bertz CT molecular complexity index is 1660. The number of ether oxygens (including phenoxy) is 1. The molecular weight excluding hydrogens is 604 g/mol. The first-order valence-electron chi connectivity index (χ1n) is 13.0. The number of rotatable bonds is 6. The number of H-pyrrole nitrogens is 1. The minimum absolute atomic E-state index is 0.0413. The fourth-order valence-electron chi connectivity index (χ4n) is 7.43. The van der Waals surface area contributed by atoms with E-state index in [1.165, 1.54) is 57.3 Å². The Balaban J connectivity index is 1.38. The van der Waals surface area contributed by atoms with Crippen LogP contribution < -0.4 is 16.0 Å². The molecule has 10 nitrogen and oxygen atoms in total. The maximum absolute atomic E-state index is 12.9. The van der Waals surface area contributed by atoms with Crippen LogP contribution in [0.25, 0.3) is 5.69 Å². The highest BCUT2D eigenvalue weighted by molar-refractivity contribution is 9.10. The van der Waals surface area contributed by atoms with Crippen molar-refractivity contribution in [2.75, 3.05) is 7.11 Å². The number of nitrogens with zero attached hydrogens (tertiary/aromatic N) is 3. The van der Waals surface area contributed by atoms with E-state index >= 15 is 0 Å². The molecule has 2 aromatic carbocycles. The molecule has 0 amide bonds. The first kappa shape index (κ1) is 26.8. The first-order chi connectivity index (χ1) is 19.1. The third-order valence-corrected chi connectivity index (χ3v) is 9.68. The summed E-state index contributed by atoms with van der Waals surface area (Å²) in [5.41, 5.74) is -0.454. The van der Waals surface area contributed by atoms with Gasteiger partial charge in [0.25, 0.3) is 11.2 Å². The fraction of sp³-hybridized carbons (Fsp3) is 0.393. The van der Waals surface area contributed by atoms with E-state index in [4.69, 9.17) is 16.3 Å². The van der Waals surface area contributed by atoms with Crippen LogP contribution >= 0.6 is 27.5 Å². The van der Waals surface area contributed by atoms with Gasteiger partial charge in [0, 0.05) is 10.7 Å². The molecule has 0 unspecified atom stereocenters. The Morgan fingerprint density at radius 2 is 1.82 bits per heavy atom. The van der Waals surface area contributed by atoms with Gasteiger partial charge in [-0.3, -0.25) is 24.9 Å². The molecule has 1 aromatic heterocycles. The smallest absolute Gasteiger partial charge is 0.335 e. The van der Waals surface area contributed by atoms with E-state index < -0.39 is 22.1 Å². The predicted octanol–water partition coefficient (Wildman–Crippen LogP) is 5.78. The molecule has 4 aliphatic carbocycles. The minimum Gasteiger partial charge on any atom is -0.494 e. The first-order valence-corrected chi connectivity index (χ1v) is 14.2. The van der Waals surface area contributed by atoms with Gasteiger partial charge in [-0.25, -0.2) is 9.36 Å². The van der Waals surface area contributed by atoms with E-state index in [0.717, 1.165) is 34.6 Å². The molecule has 0 atom stereocenters. The van der Waals surface area contributed by atoms with Crippen molar-refractivity contribution in [2.24, 2.45) is 22.7 Å². The molecule has 4 aliphatic rings. The monoisotopic (exact) mass is 628 g/mol. The molecular formula is C28H26BrClN4O6. The number of nitro groups is 1. The maximum atomic E-state index is 12.9. The second kappa shape index (κ2) is 9.88. The molecule has 208 valence electrons. The number of aromatic hydroxyl groups is 1. The van der Waals surface area contributed by atoms with Crippen LogP contribution in [0.1, 0.15) is 49.7 Å². The largest absolute Gasteiger partial charge is 0.494 e. The van der Waals surface area contributed by atoms with Crippen LogP contribution in [0.4, 0.5) is 11.4 Å². The number of nitro benzene ring substituents is 1. The van der Waals surface area contributed by atoms with E-state index in [-0.39, 0.29) is 33.1 Å². The summed E-state index contributed by atoms with van der Waals surface area (Å²) in [6, 6.07) is 8.19. The lowest BCUT2D eigenvalue weighted by Gasteiger charge is -2.57. The number of aliphatic imine (C=N–C) groups is 1. The lowest BCUT2D eigenvalue weighted by Crippen LogP contribution is -2.48. The lowest BCUT2D eigenvalue weighted by atomic mass is 9.48. The van der Waals surface area contributed by atoms with Gasteiger partial charge in [-0.15, -0.1) is 0 Å². The summed E-state index contributed by atoms with van der Waals surface area (Å²) in [6.45, 7) is 0. The third-order valence-electron chi connectivity index (χ3n) is 8.74. The van der Waals surface area contributed by atoms with Crippen LogP contribution in [0.15, 0.2) is 49.4 Å². The zero-order valence-corrected chi connectivity index (χ0v) is 23.9. The Morgan fingerprint density at radius 3 is 2.40 bits per heavy atom. The zero-order chi connectivity index (χ0) is 28.3. The minimum atomic E-state index is -0.851. The Morgan fingerprint density at radius 1 is 1.18 bits per heavy atom. The number of halogens is 2. The van der Waals surface area contributed by atoms with E-state index in [2.05, 4.69) is 25.9 Å². The average molecular weight is 630 g/mol. The number of aromatic amines is 1. The van der Waals surface area contributed by atoms with Crippen molar-refractivity contribution in [3.63, 3.8) is 0 Å². The van der Waals surface area contributed by atoms with Crippen molar-refractivity contribution < 1.29 is 14.8 Å². The van der Waals surface area contributed by atoms with Crippen molar-refractivity contribution in [3.8, 4) is 17.3 Å². The van der Waals surface area contributed by atoms with Gasteiger partial charge in [0.05, 0.1) is 23.8 Å². The number of aromatic nitrogens is 2. The standard InChI is InChI=1S/C28H26BrClN4O6/c1-40-24-9-23(34(38)39)20(30)8-21(24)31-13-18-25(35)32-27(37)33(26(18)36)22-3-2-17(7-19(22)29)28-10-14-4-15(11-28)6-16(5-14)12-28/h2-3,7-9,13-16,36H,4-6,10-12H2,1H3,(H,32,35,37). The summed E-state index contributed by atoms with van der Waals surface area (Å²) in [7, 11) is 1.31. The second-order valence-electron chi connectivity index (χ2n) is 11.2. The third kappa shape index (κ3) is 4.45. The van der Waals surface area contributed by atoms with Crippen LogP contribution in [-0.4, -0.2) is 32.9 Å². The van der Waals surface area contributed by atoms with Gasteiger partial charge in [-0.1, -0.05) is 17.7 Å². The highest BCUT2D eigenvalue weighted by Gasteiger charge is 2.51. The molecule has 0 radical (unpaired) electrons. The molecule has 4 bridgehead atoms. The van der Waals surface area contributed by atoms with Gasteiger partial charge >= 0.3 is 5.69 Å². The molecule has 7 rings (SSSR count). The highest BCUT2D eigenvalue weighted by atomic mass is 79.9. The van der Waals surface area contributed by atoms with Gasteiger partial charge in [-0.05, 0) is 101 Å². The molecule has 0 aliphatic heterocycles. The summed E-state index contributed by atoms with van der Waals surface area (Å²) in [6.07, 6.45) is 8.62. The van der Waals surface area contributed by atoms with Crippen LogP contribution in [0.2, 0.25) is 5.02 Å². The van der Waals surface area contributed by atoms with Gasteiger partial charge < -0.3 is 9.84 Å². The molecule has 4 saturated carbocycles. The predicted molar refractivity (Wildman–Crippen MR) is 154 cm³/mol. The molecule has 12 heteroatoms. The SMILES string of the molecule is COc1cc([N+](=O)[O-])c(Cl)cc1N=Cc1c(O)n(-c2ccc(C34CC5CC(CC(C5)C3)C4)cc2Br)c(=O)[nH]c1=O. The van der Waals surface area contributed by atoms with Gasteiger partial charge in [-0.2, -0.15) is 0 Å². The van der Waals surface area contributed by atoms with E-state index in [9.17, 15) is 24.8 Å². The quantitative estimate of drug-likeness (QED) is 0.201. The average Bonchev–Trinajstić information content (AvgIpc) is 2.88. The summed E-state index contributed by atoms with van der Waals surface area (Å²) in [5, 5.41) is 22.1. The molecule has 3 aromatic rings. The van der Waals surface area contributed by atoms with Gasteiger partial charge in [0.2, 0.25) is 5.88 Å². The van der Waals surface area contributed by atoms with E-state index in [1.54, 1.807) is 6.07 Å². The van der Waals surface area contributed by atoms with Crippen molar-refractivity contribution in [3.05, 3.63) is 81.9 Å². The zero-order valence-electron chi connectivity index (χ0n) is 21.5. The van der Waals surface area contributed by atoms with Crippen LogP contribution in [0.5, 0.6) is 11.6 Å². The van der Waals surface area contributed by atoms with Gasteiger partial charge in [0.1, 0.15) is 16.3 Å².